The van der Waals surface area contributed by atoms with Crippen molar-refractivity contribution in [3.05, 3.63) is 88.6 Å². The normalized spacial score (nSPS) is 18.8. The van der Waals surface area contributed by atoms with Crippen LogP contribution in [0.2, 0.25) is 0 Å². The summed E-state index contributed by atoms with van der Waals surface area (Å²) in [5.41, 5.74) is 3.81. The van der Waals surface area contributed by atoms with Gasteiger partial charge >= 0.3 is 0 Å². The molecule has 10 nitrogen and oxygen atoms in total. The zero-order chi connectivity index (χ0) is 26.5. The maximum absolute atomic E-state index is 12.0. The summed E-state index contributed by atoms with van der Waals surface area (Å²) in [4.78, 5) is 31.3. The summed E-state index contributed by atoms with van der Waals surface area (Å²) in [6.45, 7) is 4.64. The maximum Gasteiger partial charge on any atom is 0.250 e. The molecule has 3 fully saturated rings. The van der Waals surface area contributed by atoms with Gasteiger partial charge in [0.2, 0.25) is 0 Å². The molecule has 3 aliphatic rings. The standard InChI is InChI=1S/C29H29N9O/c1-18-11-25(35-34-18)32-29-23-5-3-4-6-24(23)31-28(33-29)20-7-8-26(30-14-20)37-16-21-13-22(17-37)38(21)15-19-9-10-36(2)27(39)12-19/h3-12,14,21-22H,13,15-17H2,1-2H3,(H2,31,32,33,34,35). The number of nitrogens with zero attached hydrogens (tertiary/aromatic N) is 7. The molecule has 0 aliphatic carbocycles. The summed E-state index contributed by atoms with van der Waals surface area (Å²) >= 11 is 0. The van der Waals surface area contributed by atoms with E-state index in [1.807, 2.05) is 61.8 Å². The number of hydrogen-bond acceptors (Lipinski definition) is 8. The van der Waals surface area contributed by atoms with Crippen LogP contribution in [0.4, 0.5) is 17.5 Å². The molecule has 0 saturated carbocycles. The molecule has 8 rings (SSSR count). The maximum atomic E-state index is 12.0. The molecule has 4 aromatic heterocycles. The number of benzene rings is 1. The first-order valence-corrected chi connectivity index (χ1v) is 13.2. The SMILES string of the molecule is Cc1cc(Nc2nc(-c3ccc(N4CC5CC(C4)N5Cc4ccn(C)c(=O)c4)nc3)nc3ccccc23)n[nH]1. The number of aromatic nitrogens is 6. The van der Waals surface area contributed by atoms with Gasteiger partial charge in [-0.15, -0.1) is 0 Å². The van der Waals surface area contributed by atoms with E-state index in [0.717, 1.165) is 53.2 Å². The Kier molecular flexibility index (Phi) is 5.62. The molecule has 7 heterocycles. The minimum absolute atomic E-state index is 0.0404. The van der Waals surface area contributed by atoms with Crippen LogP contribution in [0.25, 0.3) is 22.3 Å². The molecule has 2 atom stereocenters. The molecule has 39 heavy (non-hydrogen) atoms. The van der Waals surface area contributed by atoms with Crippen LogP contribution in [0.3, 0.4) is 0 Å². The fourth-order valence-corrected chi connectivity index (χ4v) is 5.64. The van der Waals surface area contributed by atoms with Gasteiger partial charge in [0.1, 0.15) is 11.6 Å². The topological polar surface area (TPSA) is 108 Å². The number of fused-ring (bicyclic) bond motifs is 3. The number of aromatic amines is 1. The summed E-state index contributed by atoms with van der Waals surface area (Å²) < 4.78 is 1.61. The molecule has 10 heteroatoms. The van der Waals surface area contributed by atoms with Crippen molar-refractivity contribution in [3.63, 3.8) is 0 Å². The third-order valence-corrected chi connectivity index (χ3v) is 7.76. The van der Waals surface area contributed by atoms with Crippen LogP contribution >= 0.6 is 0 Å². The highest BCUT2D eigenvalue weighted by Crippen LogP contribution is 2.35. The summed E-state index contributed by atoms with van der Waals surface area (Å²) in [7, 11) is 1.78. The molecule has 2 N–H and O–H groups in total. The largest absolute Gasteiger partial charge is 0.353 e. The van der Waals surface area contributed by atoms with Gasteiger partial charge in [-0.05, 0) is 49.2 Å². The van der Waals surface area contributed by atoms with E-state index in [2.05, 4.69) is 31.4 Å². The fraction of sp³-hybridized carbons (Fsp3) is 0.276. The Hall–Kier alpha value is -4.57. The number of para-hydroxylation sites is 1. The lowest BCUT2D eigenvalue weighted by Gasteiger charge is -2.56. The van der Waals surface area contributed by atoms with Crippen molar-refractivity contribution in [3.8, 4) is 11.4 Å². The summed E-state index contributed by atoms with van der Waals surface area (Å²) in [6, 6.07) is 18.7. The second-order valence-corrected chi connectivity index (χ2v) is 10.5. The number of piperidine rings is 1. The predicted molar refractivity (Wildman–Crippen MR) is 151 cm³/mol. The van der Waals surface area contributed by atoms with Crippen molar-refractivity contribution in [2.75, 3.05) is 23.3 Å². The van der Waals surface area contributed by atoms with Gasteiger partial charge in [0.25, 0.3) is 5.56 Å². The monoisotopic (exact) mass is 519 g/mol. The average Bonchev–Trinajstić information content (AvgIpc) is 3.37. The van der Waals surface area contributed by atoms with Crippen LogP contribution in [0.5, 0.6) is 0 Å². The van der Waals surface area contributed by atoms with E-state index < -0.39 is 0 Å². The molecule has 0 spiro atoms. The number of rotatable bonds is 6. The zero-order valence-corrected chi connectivity index (χ0v) is 21.9. The van der Waals surface area contributed by atoms with Gasteiger partial charge in [0.05, 0.1) is 5.52 Å². The van der Waals surface area contributed by atoms with Crippen molar-refractivity contribution in [1.82, 2.24) is 34.6 Å². The Morgan fingerprint density at radius 2 is 1.90 bits per heavy atom. The molecule has 2 unspecified atom stereocenters. The Labute approximate surface area is 225 Å². The average molecular weight is 520 g/mol. The minimum atomic E-state index is 0.0404. The lowest BCUT2D eigenvalue weighted by atomic mass is 9.87. The first-order valence-electron chi connectivity index (χ1n) is 13.2. The number of H-pyrrole nitrogens is 1. The van der Waals surface area contributed by atoms with Crippen molar-refractivity contribution in [2.24, 2.45) is 7.05 Å². The van der Waals surface area contributed by atoms with E-state index in [4.69, 9.17) is 15.0 Å². The molecule has 3 aliphatic heterocycles. The van der Waals surface area contributed by atoms with Crippen LogP contribution in [0, 0.1) is 6.92 Å². The number of hydrogen-bond donors (Lipinski definition) is 2. The minimum Gasteiger partial charge on any atom is -0.353 e. The molecule has 196 valence electrons. The lowest BCUT2D eigenvalue weighted by Crippen LogP contribution is -2.68. The number of aryl methyl sites for hydroxylation is 2. The smallest absolute Gasteiger partial charge is 0.250 e. The van der Waals surface area contributed by atoms with E-state index in [-0.39, 0.29) is 5.56 Å². The van der Waals surface area contributed by atoms with Gasteiger partial charge in [0, 0.05) is 79.9 Å². The van der Waals surface area contributed by atoms with Gasteiger partial charge in [-0.1, -0.05) is 12.1 Å². The predicted octanol–water partition coefficient (Wildman–Crippen LogP) is 3.63. The van der Waals surface area contributed by atoms with Gasteiger partial charge in [-0.3, -0.25) is 14.8 Å². The zero-order valence-electron chi connectivity index (χ0n) is 21.9. The number of anilines is 3. The number of nitrogens with one attached hydrogen (secondary N) is 2. The van der Waals surface area contributed by atoms with Crippen LogP contribution in [0.1, 0.15) is 17.7 Å². The third-order valence-electron chi connectivity index (χ3n) is 7.76. The quantitative estimate of drug-likeness (QED) is 0.350. The number of pyridine rings is 2. The first kappa shape index (κ1) is 23.5. The van der Waals surface area contributed by atoms with E-state index in [1.54, 1.807) is 17.7 Å². The Balaban J connectivity index is 1.09. The lowest BCUT2D eigenvalue weighted by molar-refractivity contribution is -0.00873. The van der Waals surface area contributed by atoms with Crippen LogP contribution in [-0.2, 0) is 13.6 Å². The van der Waals surface area contributed by atoms with Crippen molar-refractivity contribution < 1.29 is 0 Å². The fourth-order valence-electron chi connectivity index (χ4n) is 5.64. The van der Waals surface area contributed by atoms with Gasteiger partial charge < -0.3 is 14.8 Å². The molecular weight excluding hydrogens is 490 g/mol. The Bertz CT molecular complexity index is 1710. The number of piperazine rings is 1. The van der Waals surface area contributed by atoms with Gasteiger partial charge in [0.15, 0.2) is 11.6 Å². The molecule has 0 radical (unpaired) electrons. The molecule has 1 aromatic carbocycles. The van der Waals surface area contributed by atoms with Crippen LogP contribution < -0.4 is 15.8 Å². The Morgan fingerprint density at radius 1 is 1.05 bits per heavy atom. The summed E-state index contributed by atoms with van der Waals surface area (Å²) in [6.07, 6.45) is 4.90. The second-order valence-electron chi connectivity index (χ2n) is 10.5. The second kappa shape index (κ2) is 9.32. The van der Waals surface area contributed by atoms with Crippen LogP contribution in [0.15, 0.2) is 71.8 Å². The van der Waals surface area contributed by atoms with E-state index >= 15 is 0 Å². The highest BCUT2D eigenvalue weighted by Gasteiger charge is 2.44. The van der Waals surface area contributed by atoms with Gasteiger partial charge in [-0.25, -0.2) is 15.0 Å². The first-order chi connectivity index (χ1) is 19.0. The van der Waals surface area contributed by atoms with Gasteiger partial charge in [-0.2, -0.15) is 5.10 Å². The molecule has 0 amide bonds. The Morgan fingerprint density at radius 3 is 2.64 bits per heavy atom. The highest BCUT2D eigenvalue weighted by atomic mass is 16.1. The molecular formula is C29H29N9O. The molecule has 2 bridgehead atoms. The molecule has 5 aromatic rings. The summed E-state index contributed by atoms with van der Waals surface area (Å²) in [5, 5.41) is 11.5. The third kappa shape index (κ3) is 4.42. The summed E-state index contributed by atoms with van der Waals surface area (Å²) in [5.74, 6) is 3.00. The highest BCUT2D eigenvalue weighted by molar-refractivity contribution is 5.91. The van der Waals surface area contributed by atoms with Crippen molar-refractivity contribution in [2.45, 2.75) is 32.0 Å². The van der Waals surface area contributed by atoms with E-state index in [9.17, 15) is 4.79 Å². The van der Waals surface area contributed by atoms with Crippen molar-refractivity contribution >= 4 is 28.4 Å². The van der Waals surface area contributed by atoms with Crippen LogP contribution in [-0.4, -0.2) is 59.8 Å². The van der Waals surface area contributed by atoms with Crippen molar-refractivity contribution in [1.29, 1.82) is 0 Å². The van der Waals surface area contributed by atoms with E-state index in [1.165, 1.54) is 6.42 Å². The van der Waals surface area contributed by atoms with E-state index in [0.29, 0.717) is 29.5 Å². The molecule has 3 saturated heterocycles.